The number of nitro groups is 1. The molecule has 0 bridgehead atoms. The number of thiophene rings is 1. The molecule has 0 aliphatic heterocycles. The Morgan fingerprint density at radius 2 is 1.91 bits per heavy atom. The normalized spacial score (nSPS) is 11.1. The third-order valence-electron chi connectivity index (χ3n) is 4.61. The number of halogens is 3. The smallest absolute Gasteiger partial charge is 0.281 e. The second-order valence-electron chi connectivity index (χ2n) is 7.02. The van der Waals surface area contributed by atoms with Crippen molar-refractivity contribution < 1.29 is 18.8 Å². The van der Waals surface area contributed by atoms with Crippen LogP contribution in [0.4, 0.5) is 10.1 Å². The SMILES string of the molecule is O=C(N/N=C\c1cc(Cl)c(OCc2cccc(F)c2)c(Cl)c1)c1cc2cc([N+](=O)[O-])ccc2s1. The average Bonchev–Trinajstić information content (AvgIpc) is 3.22. The Hall–Kier alpha value is -3.53. The summed E-state index contributed by atoms with van der Waals surface area (Å²) >= 11 is 13.7. The summed E-state index contributed by atoms with van der Waals surface area (Å²) in [6, 6.07) is 15.1. The minimum absolute atomic E-state index is 0.0487. The second-order valence-corrected chi connectivity index (χ2v) is 8.92. The summed E-state index contributed by atoms with van der Waals surface area (Å²) in [7, 11) is 0. The van der Waals surface area contributed by atoms with Gasteiger partial charge in [-0.1, -0.05) is 35.3 Å². The Morgan fingerprint density at radius 1 is 1.15 bits per heavy atom. The molecule has 0 saturated carbocycles. The van der Waals surface area contributed by atoms with E-state index in [1.165, 1.54) is 41.8 Å². The van der Waals surface area contributed by atoms with E-state index in [-0.39, 0.29) is 33.9 Å². The van der Waals surface area contributed by atoms with Crippen molar-refractivity contribution in [3.8, 4) is 5.75 Å². The number of non-ortho nitro benzene ring substituents is 1. The molecule has 0 radical (unpaired) electrons. The number of hydrogen-bond acceptors (Lipinski definition) is 6. The van der Waals surface area contributed by atoms with E-state index in [0.717, 1.165) is 4.70 Å². The van der Waals surface area contributed by atoms with Gasteiger partial charge in [-0.3, -0.25) is 14.9 Å². The number of benzene rings is 3. The number of carbonyl (C=O) groups excluding carboxylic acids is 1. The van der Waals surface area contributed by atoms with Gasteiger partial charge >= 0.3 is 0 Å². The van der Waals surface area contributed by atoms with Crippen molar-refractivity contribution in [1.82, 2.24) is 5.43 Å². The van der Waals surface area contributed by atoms with E-state index in [1.807, 2.05) is 0 Å². The number of nitro benzene ring substituents is 1. The maximum absolute atomic E-state index is 13.3. The number of hydrogen-bond donors (Lipinski definition) is 1. The Labute approximate surface area is 206 Å². The Kier molecular flexibility index (Phi) is 7.06. The first-order valence-corrected chi connectivity index (χ1v) is 11.2. The number of ether oxygens (including phenoxy) is 1. The lowest BCUT2D eigenvalue weighted by Gasteiger charge is -2.11. The van der Waals surface area contributed by atoms with Crippen LogP contribution < -0.4 is 10.2 Å². The lowest BCUT2D eigenvalue weighted by Crippen LogP contribution is -2.16. The van der Waals surface area contributed by atoms with Crippen LogP contribution in [0.15, 0.2) is 65.8 Å². The van der Waals surface area contributed by atoms with Gasteiger partial charge in [0.25, 0.3) is 11.6 Å². The number of rotatable bonds is 7. The van der Waals surface area contributed by atoms with Crippen molar-refractivity contribution in [3.05, 3.63) is 103 Å². The highest BCUT2D eigenvalue weighted by Gasteiger charge is 2.13. The molecule has 11 heteroatoms. The highest BCUT2D eigenvalue weighted by Crippen LogP contribution is 2.34. The molecule has 0 fully saturated rings. The summed E-state index contributed by atoms with van der Waals surface area (Å²) in [5.41, 5.74) is 3.49. The number of carbonyl (C=O) groups is 1. The third-order valence-corrected chi connectivity index (χ3v) is 6.28. The van der Waals surface area contributed by atoms with Crippen LogP contribution in [0.2, 0.25) is 10.0 Å². The predicted molar refractivity (Wildman–Crippen MR) is 131 cm³/mol. The molecule has 0 unspecified atom stereocenters. The molecule has 0 aliphatic carbocycles. The molecule has 0 aliphatic rings. The van der Waals surface area contributed by atoms with Crippen LogP contribution in [0.3, 0.4) is 0 Å². The standard InChI is InChI=1S/C23H14Cl2FN3O4S/c24-18-7-14(8-19(25)22(18)33-12-13-2-1-3-16(26)6-13)11-27-28-23(30)21-10-15-9-17(29(31)32)4-5-20(15)34-21/h1-11H,12H2,(H,28,30)/b27-11-. The maximum Gasteiger partial charge on any atom is 0.281 e. The minimum Gasteiger partial charge on any atom is -0.486 e. The van der Waals surface area contributed by atoms with Crippen molar-refractivity contribution in [2.75, 3.05) is 0 Å². The van der Waals surface area contributed by atoms with E-state index >= 15 is 0 Å². The monoisotopic (exact) mass is 517 g/mol. The number of nitrogens with one attached hydrogen (secondary N) is 1. The van der Waals surface area contributed by atoms with Crippen LogP contribution in [0.1, 0.15) is 20.8 Å². The molecule has 0 spiro atoms. The van der Waals surface area contributed by atoms with Gasteiger partial charge in [-0.05, 0) is 47.5 Å². The summed E-state index contributed by atoms with van der Waals surface area (Å²) < 4.78 is 19.7. The van der Waals surface area contributed by atoms with Gasteiger partial charge in [0.15, 0.2) is 5.75 Å². The van der Waals surface area contributed by atoms with E-state index in [4.69, 9.17) is 27.9 Å². The number of nitrogens with zero attached hydrogens (tertiary/aromatic N) is 2. The molecule has 7 nitrogen and oxygen atoms in total. The van der Waals surface area contributed by atoms with E-state index in [1.54, 1.807) is 36.4 Å². The van der Waals surface area contributed by atoms with Crippen LogP contribution >= 0.6 is 34.5 Å². The summed E-state index contributed by atoms with van der Waals surface area (Å²) in [6.07, 6.45) is 1.37. The van der Waals surface area contributed by atoms with Gasteiger partial charge in [-0.15, -0.1) is 11.3 Å². The van der Waals surface area contributed by atoms with E-state index in [0.29, 0.717) is 21.4 Å². The third kappa shape index (κ3) is 5.51. The van der Waals surface area contributed by atoms with Crippen LogP contribution in [0, 0.1) is 15.9 Å². The molecule has 1 aromatic heterocycles. The summed E-state index contributed by atoms with van der Waals surface area (Å²) in [6.45, 7) is 0.0824. The quantitative estimate of drug-likeness (QED) is 0.170. The molecule has 34 heavy (non-hydrogen) atoms. The zero-order chi connectivity index (χ0) is 24.2. The van der Waals surface area contributed by atoms with Gasteiger partial charge < -0.3 is 4.74 Å². The molecule has 172 valence electrons. The van der Waals surface area contributed by atoms with Gasteiger partial charge in [0, 0.05) is 22.2 Å². The fourth-order valence-corrected chi connectivity index (χ4v) is 4.60. The maximum atomic E-state index is 13.3. The second kappa shape index (κ2) is 10.2. The van der Waals surface area contributed by atoms with Gasteiger partial charge in [-0.2, -0.15) is 5.10 Å². The van der Waals surface area contributed by atoms with Crippen molar-refractivity contribution in [2.45, 2.75) is 6.61 Å². The van der Waals surface area contributed by atoms with Crippen molar-refractivity contribution in [1.29, 1.82) is 0 Å². The first-order chi connectivity index (χ1) is 16.3. The molecule has 0 saturated heterocycles. The molecule has 0 atom stereocenters. The molecular formula is C23H14Cl2FN3O4S. The molecule has 4 rings (SSSR count). The molecule has 1 heterocycles. The van der Waals surface area contributed by atoms with E-state index in [9.17, 15) is 19.3 Å². The molecule has 1 N–H and O–H groups in total. The van der Waals surface area contributed by atoms with Crippen LogP contribution in [-0.4, -0.2) is 17.0 Å². The van der Waals surface area contributed by atoms with Gasteiger partial charge in [0.2, 0.25) is 0 Å². The van der Waals surface area contributed by atoms with E-state index < -0.39 is 10.8 Å². The summed E-state index contributed by atoms with van der Waals surface area (Å²) in [4.78, 5) is 23.2. The fraction of sp³-hybridized carbons (Fsp3) is 0.0435. The Bertz CT molecular complexity index is 1420. The largest absolute Gasteiger partial charge is 0.486 e. The number of amides is 1. The number of fused-ring (bicyclic) bond motifs is 1. The molecule has 1 amide bonds. The van der Waals surface area contributed by atoms with Gasteiger partial charge in [0.05, 0.1) is 26.1 Å². The lowest BCUT2D eigenvalue weighted by atomic mass is 10.2. The molecule has 4 aromatic rings. The van der Waals surface area contributed by atoms with Crippen molar-refractivity contribution >= 4 is 62.4 Å². The van der Waals surface area contributed by atoms with Gasteiger partial charge in [0.1, 0.15) is 12.4 Å². The zero-order valence-electron chi connectivity index (χ0n) is 17.1. The predicted octanol–water partition coefficient (Wildman–Crippen LogP) is 6.60. The first-order valence-electron chi connectivity index (χ1n) is 9.68. The topological polar surface area (TPSA) is 93.8 Å². The highest BCUT2D eigenvalue weighted by atomic mass is 35.5. The molecule has 3 aromatic carbocycles. The first kappa shape index (κ1) is 23.6. The average molecular weight is 518 g/mol. The molecular weight excluding hydrogens is 504 g/mol. The van der Waals surface area contributed by atoms with Gasteiger partial charge in [-0.25, -0.2) is 9.82 Å². The van der Waals surface area contributed by atoms with E-state index in [2.05, 4.69) is 10.5 Å². The summed E-state index contributed by atoms with van der Waals surface area (Å²) in [5.74, 6) is -0.593. The van der Waals surface area contributed by atoms with Crippen molar-refractivity contribution in [2.24, 2.45) is 5.10 Å². The number of hydrazone groups is 1. The minimum atomic E-state index is -0.491. The van der Waals surface area contributed by atoms with Crippen LogP contribution in [0.25, 0.3) is 10.1 Å². The Balaban J connectivity index is 1.41. The summed E-state index contributed by atoms with van der Waals surface area (Å²) in [5, 5.41) is 15.9. The van der Waals surface area contributed by atoms with Crippen molar-refractivity contribution in [3.63, 3.8) is 0 Å². The highest BCUT2D eigenvalue weighted by molar-refractivity contribution is 7.20. The lowest BCUT2D eigenvalue weighted by molar-refractivity contribution is -0.384. The van der Waals surface area contributed by atoms with Crippen LogP contribution in [0.5, 0.6) is 5.75 Å². The zero-order valence-corrected chi connectivity index (χ0v) is 19.5. The Morgan fingerprint density at radius 3 is 2.62 bits per heavy atom. The van der Waals surface area contributed by atoms with Crippen LogP contribution in [-0.2, 0) is 6.61 Å². The fourth-order valence-electron chi connectivity index (χ4n) is 3.05.